The molecule has 0 saturated carbocycles. The fraction of sp³-hybridized carbons (Fsp3) is 0.667. The van der Waals surface area contributed by atoms with E-state index in [2.05, 4.69) is 10.4 Å². The molecule has 80 valence electrons. The van der Waals surface area contributed by atoms with Crippen LogP contribution in [0.25, 0.3) is 0 Å². The van der Waals surface area contributed by atoms with Crippen LogP contribution in [0.3, 0.4) is 0 Å². The molecule has 1 rings (SSSR count). The minimum Gasteiger partial charge on any atom is -0.385 e. The Balaban J connectivity index is 2.44. The van der Waals surface area contributed by atoms with Crippen molar-refractivity contribution in [3.63, 3.8) is 0 Å². The first-order valence-corrected chi connectivity index (χ1v) is 4.69. The standard InChI is InChI=1S/C9H18N4O/c1-13-5-4-11-9(13)7-8(12-10)3-6-14-2/h4-5,8,12H,3,6-7,10H2,1-2H3. The summed E-state index contributed by atoms with van der Waals surface area (Å²) in [5.74, 6) is 6.47. The van der Waals surface area contributed by atoms with E-state index >= 15 is 0 Å². The number of methoxy groups -OCH3 is 1. The summed E-state index contributed by atoms with van der Waals surface area (Å²) in [4.78, 5) is 4.24. The molecule has 1 aromatic rings. The molecular formula is C9H18N4O. The number of aromatic nitrogens is 2. The molecule has 5 heteroatoms. The molecular weight excluding hydrogens is 180 g/mol. The summed E-state index contributed by atoms with van der Waals surface area (Å²) >= 11 is 0. The maximum Gasteiger partial charge on any atom is 0.109 e. The van der Waals surface area contributed by atoms with Gasteiger partial charge in [0, 0.05) is 45.6 Å². The minimum atomic E-state index is 0.219. The molecule has 3 N–H and O–H groups in total. The fourth-order valence-electron chi connectivity index (χ4n) is 1.32. The number of nitrogens with zero attached hydrogens (tertiary/aromatic N) is 2. The van der Waals surface area contributed by atoms with Crippen LogP contribution in [0.2, 0.25) is 0 Å². The highest BCUT2D eigenvalue weighted by atomic mass is 16.5. The zero-order valence-corrected chi connectivity index (χ0v) is 8.73. The Kier molecular flexibility index (Phi) is 4.58. The van der Waals surface area contributed by atoms with Crippen LogP contribution in [-0.4, -0.2) is 29.3 Å². The van der Waals surface area contributed by atoms with E-state index in [0.717, 1.165) is 18.7 Å². The lowest BCUT2D eigenvalue weighted by Crippen LogP contribution is -2.38. The summed E-state index contributed by atoms with van der Waals surface area (Å²) in [6.07, 6.45) is 5.43. The van der Waals surface area contributed by atoms with Crippen LogP contribution in [0, 0.1) is 0 Å². The highest BCUT2D eigenvalue weighted by Crippen LogP contribution is 2.02. The molecule has 0 bridgehead atoms. The molecule has 5 nitrogen and oxygen atoms in total. The maximum absolute atomic E-state index is 5.44. The van der Waals surface area contributed by atoms with Crippen molar-refractivity contribution < 1.29 is 4.74 Å². The quantitative estimate of drug-likeness (QED) is 0.492. The monoisotopic (exact) mass is 198 g/mol. The Morgan fingerprint density at radius 1 is 1.71 bits per heavy atom. The predicted octanol–water partition coefficient (Wildman–Crippen LogP) is -0.169. The molecule has 0 saturated heterocycles. The van der Waals surface area contributed by atoms with Gasteiger partial charge in [0.05, 0.1) is 0 Å². The predicted molar refractivity (Wildman–Crippen MR) is 54.5 cm³/mol. The minimum absolute atomic E-state index is 0.219. The van der Waals surface area contributed by atoms with Gasteiger partial charge in [-0.3, -0.25) is 11.3 Å². The normalized spacial score (nSPS) is 13.1. The molecule has 0 amide bonds. The molecule has 0 aliphatic rings. The molecule has 14 heavy (non-hydrogen) atoms. The van der Waals surface area contributed by atoms with Gasteiger partial charge >= 0.3 is 0 Å². The zero-order valence-electron chi connectivity index (χ0n) is 8.73. The third-order valence-corrected chi connectivity index (χ3v) is 2.26. The average Bonchev–Trinajstić information content (AvgIpc) is 2.59. The van der Waals surface area contributed by atoms with E-state index in [4.69, 9.17) is 10.6 Å². The lowest BCUT2D eigenvalue weighted by molar-refractivity contribution is 0.182. The maximum atomic E-state index is 5.44. The van der Waals surface area contributed by atoms with Gasteiger partial charge in [-0.25, -0.2) is 4.98 Å². The van der Waals surface area contributed by atoms with E-state index < -0.39 is 0 Å². The summed E-state index contributed by atoms with van der Waals surface area (Å²) in [6, 6.07) is 0.219. The second-order valence-corrected chi connectivity index (χ2v) is 3.30. The summed E-state index contributed by atoms with van der Waals surface area (Å²) in [6.45, 7) is 0.708. The van der Waals surface area contributed by atoms with Crippen molar-refractivity contribution in [1.29, 1.82) is 0 Å². The first-order chi connectivity index (χ1) is 6.77. The zero-order chi connectivity index (χ0) is 10.4. The van der Waals surface area contributed by atoms with Gasteiger partial charge in [-0.15, -0.1) is 0 Å². The van der Waals surface area contributed by atoms with Crippen molar-refractivity contribution in [2.24, 2.45) is 12.9 Å². The van der Waals surface area contributed by atoms with E-state index in [0.29, 0.717) is 6.61 Å². The summed E-state index contributed by atoms with van der Waals surface area (Å²) in [5, 5.41) is 0. The Morgan fingerprint density at radius 3 is 3.00 bits per heavy atom. The van der Waals surface area contributed by atoms with Gasteiger partial charge in [0.15, 0.2) is 0 Å². The molecule has 0 aliphatic heterocycles. The number of hydrogen-bond acceptors (Lipinski definition) is 4. The summed E-state index contributed by atoms with van der Waals surface area (Å²) in [7, 11) is 3.67. The third kappa shape index (κ3) is 3.10. The molecule has 1 atom stereocenters. The Bertz CT molecular complexity index is 261. The molecule has 1 heterocycles. The van der Waals surface area contributed by atoms with Crippen molar-refractivity contribution in [2.75, 3.05) is 13.7 Å². The molecule has 0 fully saturated rings. The second-order valence-electron chi connectivity index (χ2n) is 3.30. The summed E-state index contributed by atoms with van der Waals surface area (Å²) < 4.78 is 7.00. The van der Waals surface area contributed by atoms with E-state index in [9.17, 15) is 0 Å². The Morgan fingerprint density at radius 2 is 2.50 bits per heavy atom. The first-order valence-electron chi connectivity index (χ1n) is 4.69. The molecule has 0 aromatic carbocycles. The fourth-order valence-corrected chi connectivity index (χ4v) is 1.32. The SMILES string of the molecule is COCCC(Cc1nccn1C)NN. The highest BCUT2D eigenvalue weighted by molar-refractivity contribution is 4.94. The topological polar surface area (TPSA) is 65.1 Å². The van der Waals surface area contributed by atoms with Crippen molar-refractivity contribution in [3.05, 3.63) is 18.2 Å². The lowest BCUT2D eigenvalue weighted by atomic mass is 10.1. The van der Waals surface area contributed by atoms with Crippen LogP contribution in [0.15, 0.2) is 12.4 Å². The van der Waals surface area contributed by atoms with Crippen LogP contribution in [0.1, 0.15) is 12.2 Å². The summed E-state index contributed by atoms with van der Waals surface area (Å²) in [5.41, 5.74) is 2.77. The molecule has 1 unspecified atom stereocenters. The average molecular weight is 198 g/mol. The number of nitrogens with one attached hydrogen (secondary N) is 1. The van der Waals surface area contributed by atoms with Gasteiger partial charge in [0.2, 0.25) is 0 Å². The van der Waals surface area contributed by atoms with E-state index in [1.54, 1.807) is 13.3 Å². The number of aryl methyl sites for hydroxylation is 1. The van der Waals surface area contributed by atoms with Crippen molar-refractivity contribution in [3.8, 4) is 0 Å². The lowest BCUT2D eigenvalue weighted by Gasteiger charge is -2.14. The molecule has 0 spiro atoms. The number of hydrazine groups is 1. The molecule has 0 aliphatic carbocycles. The van der Waals surface area contributed by atoms with Crippen molar-refractivity contribution >= 4 is 0 Å². The Labute approximate surface area is 84.2 Å². The molecule has 1 aromatic heterocycles. The van der Waals surface area contributed by atoms with Gasteiger partial charge in [-0.1, -0.05) is 0 Å². The number of ether oxygens (including phenoxy) is 1. The van der Waals surface area contributed by atoms with E-state index in [1.165, 1.54) is 0 Å². The van der Waals surface area contributed by atoms with E-state index in [-0.39, 0.29) is 6.04 Å². The van der Waals surface area contributed by atoms with Crippen LogP contribution >= 0.6 is 0 Å². The number of rotatable bonds is 6. The second kappa shape index (κ2) is 5.74. The van der Waals surface area contributed by atoms with Crippen LogP contribution < -0.4 is 11.3 Å². The van der Waals surface area contributed by atoms with E-state index in [1.807, 2.05) is 17.8 Å². The first kappa shape index (κ1) is 11.2. The number of imidazole rings is 1. The van der Waals surface area contributed by atoms with Gasteiger partial charge in [-0.2, -0.15) is 0 Å². The van der Waals surface area contributed by atoms with Gasteiger partial charge in [0.25, 0.3) is 0 Å². The third-order valence-electron chi connectivity index (χ3n) is 2.26. The van der Waals surface area contributed by atoms with Crippen molar-refractivity contribution in [1.82, 2.24) is 15.0 Å². The van der Waals surface area contributed by atoms with Crippen molar-refractivity contribution in [2.45, 2.75) is 18.9 Å². The van der Waals surface area contributed by atoms with Gasteiger partial charge in [0.1, 0.15) is 5.82 Å². The van der Waals surface area contributed by atoms with Gasteiger partial charge < -0.3 is 9.30 Å². The highest BCUT2D eigenvalue weighted by Gasteiger charge is 2.09. The van der Waals surface area contributed by atoms with Crippen LogP contribution in [0.5, 0.6) is 0 Å². The largest absolute Gasteiger partial charge is 0.385 e. The van der Waals surface area contributed by atoms with Gasteiger partial charge in [-0.05, 0) is 6.42 Å². The number of nitrogens with two attached hydrogens (primary N) is 1. The van der Waals surface area contributed by atoms with Crippen LogP contribution in [-0.2, 0) is 18.2 Å². The smallest absolute Gasteiger partial charge is 0.109 e. The molecule has 0 radical (unpaired) electrons. The number of hydrogen-bond donors (Lipinski definition) is 2. The Hall–Kier alpha value is -0.910. The van der Waals surface area contributed by atoms with Crippen LogP contribution in [0.4, 0.5) is 0 Å².